The predicted molar refractivity (Wildman–Crippen MR) is 75.4 cm³/mol. The van der Waals surface area contributed by atoms with E-state index >= 15 is 0 Å². The summed E-state index contributed by atoms with van der Waals surface area (Å²) in [5.74, 6) is 0. The van der Waals surface area contributed by atoms with E-state index in [9.17, 15) is 0 Å². The van der Waals surface area contributed by atoms with Crippen molar-refractivity contribution < 1.29 is 4.74 Å². The highest BCUT2D eigenvalue weighted by Gasteiger charge is 2.20. The Labute approximate surface area is 113 Å². The van der Waals surface area contributed by atoms with Crippen LogP contribution in [0, 0.1) is 0 Å². The maximum atomic E-state index is 6.07. The SMILES string of the molecule is BrC1CCCCCCC1OCc1ccccc1. The molecule has 2 atom stereocenters. The lowest BCUT2D eigenvalue weighted by atomic mass is 9.98. The zero-order valence-electron chi connectivity index (χ0n) is 10.3. The third kappa shape index (κ3) is 4.44. The van der Waals surface area contributed by atoms with Gasteiger partial charge in [0.05, 0.1) is 12.7 Å². The minimum atomic E-state index is 0.385. The number of hydrogen-bond donors (Lipinski definition) is 0. The predicted octanol–water partition coefficient (Wildman–Crippen LogP) is 4.69. The van der Waals surface area contributed by atoms with Gasteiger partial charge >= 0.3 is 0 Å². The van der Waals surface area contributed by atoms with E-state index < -0.39 is 0 Å². The Bertz CT molecular complexity index is 312. The van der Waals surface area contributed by atoms with Crippen LogP contribution < -0.4 is 0 Å². The molecule has 0 saturated heterocycles. The molecule has 1 aromatic rings. The van der Waals surface area contributed by atoms with Crippen LogP contribution in [0.5, 0.6) is 0 Å². The summed E-state index contributed by atoms with van der Waals surface area (Å²) < 4.78 is 6.07. The minimum Gasteiger partial charge on any atom is -0.372 e. The summed E-state index contributed by atoms with van der Waals surface area (Å²) in [6.07, 6.45) is 8.22. The number of ether oxygens (including phenoxy) is 1. The summed E-state index contributed by atoms with van der Waals surface area (Å²) in [6.45, 7) is 0.744. The van der Waals surface area contributed by atoms with E-state index in [2.05, 4.69) is 40.2 Å². The van der Waals surface area contributed by atoms with Crippen LogP contribution in [0.3, 0.4) is 0 Å². The van der Waals surface area contributed by atoms with Crippen LogP contribution in [0.2, 0.25) is 0 Å². The Hall–Kier alpha value is -0.340. The molecular weight excluding hydrogens is 276 g/mol. The van der Waals surface area contributed by atoms with Gasteiger partial charge < -0.3 is 4.74 Å². The summed E-state index contributed by atoms with van der Waals surface area (Å²) in [6, 6.07) is 10.5. The van der Waals surface area contributed by atoms with Crippen LogP contribution in [-0.4, -0.2) is 10.9 Å². The van der Waals surface area contributed by atoms with E-state index in [0.29, 0.717) is 10.9 Å². The third-order valence-electron chi connectivity index (χ3n) is 3.43. The van der Waals surface area contributed by atoms with E-state index in [-0.39, 0.29) is 0 Å². The average molecular weight is 297 g/mol. The number of rotatable bonds is 3. The normalized spacial score (nSPS) is 26.2. The Balaban J connectivity index is 1.83. The zero-order chi connectivity index (χ0) is 11.9. The topological polar surface area (TPSA) is 9.23 Å². The summed E-state index contributed by atoms with van der Waals surface area (Å²) in [5, 5.41) is 0. The molecule has 1 aliphatic carbocycles. The quantitative estimate of drug-likeness (QED) is 0.735. The van der Waals surface area contributed by atoms with Gasteiger partial charge in [0.15, 0.2) is 0 Å². The van der Waals surface area contributed by atoms with Crippen molar-refractivity contribution >= 4 is 15.9 Å². The highest BCUT2D eigenvalue weighted by molar-refractivity contribution is 9.09. The van der Waals surface area contributed by atoms with Gasteiger partial charge in [-0.3, -0.25) is 0 Å². The summed E-state index contributed by atoms with van der Waals surface area (Å²) in [7, 11) is 0. The van der Waals surface area contributed by atoms with Crippen LogP contribution in [0.25, 0.3) is 0 Å². The molecule has 2 unspecified atom stereocenters. The Morgan fingerprint density at radius 2 is 1.71 bits per heavy atom. The molecule has 0 amide bonds. The molecule has 1 fully saturated rings. The molecule has 0 heterocycles. The Morgan fingerprint density at radius 3 is 2.47 bits per heavy atom. The van der Waals surface area contributed by atoms with Gasteiger partial charge in [-0.25, -0.2) is 0 Å². The first-order chi connectivity index (χ1) is 8.36. The lowest BCUT2D eigenvalue weighted by molar-refractivity contribution is 0.0291. The van der Waals surface area contributed by atoms with Crippen LogP contribution in [-0.2, 0) is 11.3 Å². The molecule has 2 heteroatoms. The smallest absolute Gasteiger partial charge is 0.0721 e. The van der Waals surface area contributed by atoms with Gasteiger partial charge in [-0.15, -0.1) is 0 Å². The van der Waals surface area contributed by atoms with Crippen LogP contribution in [0.4, 0.5) is 0 Å². The molecular formula is C15H21BrO. The molecule has 0 N–H and O–H groups in total. The van der Waals surface area contributed by atoms with Gasteiger partial charge in [-0.2, -0.15) is 0 Å². The summed E-state index contributed by atoms with van der Waals surface area (Å²) >= 11 is 3.79. The van der Waals surface area contributed by atoms with Crippen LogP contribution >= 0.6 is 15.9 Å². The molecule has 0 aliphatic heterocycles. The first-order valence-electron chi connectivity index (χ1n) is 6.66. The van der Waals surface area contributed by atoms with Crippen molar-refractivity contribution in [1.29, 1.82) is 0 Å². The summed E-state index contributed by atoms with van der Waals surface area (Å²) in [4.78, 5) is 0.534. The van der Waals surface area contributed by atoms with E-state index in [4.69, 9.17) is 4.74 Å². The van der Waals surface area contributed by atoms with Gasteiger partial charge in [0.2, 0.25) is 0 Å². The van der Waals surface area contributed by atoms with Gasteiger partial charge in [0.25, 0.3) is 0 Å². The van der Waals surface area contributed by atoms with E-state index in [1.54, 1.807) is 0 Å². The monoisotopic (exact) mass is 296 g/mol. The van der Waals surface area contributed by atoms with Crippen LogP contribution in [0.15, 0.2) is 30.3 Å². The molecule has 1 aliphatic rings. The van der Waals surface area contributed by atoms with Gasteiger partial charge in [-0.1, -0.05) is 71.9 Å². The first kappa shape index (κ1) is 13.1. The number of hydrogen-bond acceptors (Lipinski definition) is 1. The number of benzene rings is 1. The maximum absolute atomic E-state index is 6.07. The maximum Gasteiger partial charge on any atom is 0.0721 e. The fourth-order valence-corrected chi connectivity index (χ4v) is 3.11. The molecule has 1 nitrogen and oxygen atoms in total. The zero-order valence-corrected chi connectivity index (χ0v) is 11.9. The number of halogens is 1. The molecule has 0 radical (unpaired) electrons. The molecule has 0 aromatic heterocycles. The lowest BCUT2D eigenvalue weighted by Gasteiger charge is -2.25. The van der Waals surface area contributed by atoms with E-state index in [0.717, 1.165) is 6.61 Å². The van der Waals surface area contributed by atoms with Gasteiger partial charge in [-0.05, 0) is 18.4 Å². The second kappa shape index (κ2) is 7.17. The van der Waals surface area contributed by atoms with Crippen molar-refractivity contribution in [3.05, 3.63) is 35.9 Å². The fraction of sp³-hybridized carbons (Fsp3) is 0.600. The Kier molecular flexibility index (Phi) is 5.53. The third-order valence-corrected chi connectivity index (χ3v) is 4.48. The molecule has 0 spiro atoms. The largest absolute Gasteiger partial charge is 0.372 e. The molecule has 0 bridgehead atoms. The van der Waals surface area contributed by atoms with Gasteiger partial charge in [0.1, 0.15) is 0 Å². The summed E-state index contributed by atoms with van der Waals surface area (Å²) in [5.41, 5.74) is 1.27. The van der Waals surface area contributed by atoms with E-state index in [1.165, 1.54) is 44.1 Å². The molecule has 2 rings (SSSR count). The van der Waals surface area contributed by atoms with Crippen LogP contribution in [0.1, 0.15) is 44.1 Å². The molecule has 1 saturated carbocycles. The van der Waals surface area contributed by atoms with Crippen molar-refractivity contribution in [2.45, 2.75) is 56.1 Å². The molecule has 17 heavy (non-hydrogen) atoms. The van der Waals surface area contributed by atoms with Crippen molar-refractivity contribution in [3.8, 4) is 0 Å². The van der Waals surface area contributed by atoms with Crippen molar-refractivity contribution in [1.82, 2.24) is 0 Å². The molecule has 1 aromatic carbocycles. The number of alkyl halides is 1. The average Bonchev–Trinajstić information content (AvgIpc) is 2.35. The standard InChI is InChI=1S/C15H21BrO/c16-14-10-6-1-2-7-11-15(14)17-12-13-8-4-3-5-9-13/h3-5,8-9,14-15H,1-2,6-7,10-12H2. The van der Waals surface area contributed by atoms with Crippen molar-refractivity contribution in [3.63, 3.8) is 0 Å². The van der Waals surface area contributed by atoms with Crippen molar-refractivity contribution in [2.75, 3.05) is 0 Å². The Morgan fingerprint density at radius 1 is 1.00 bits per heavy atom. The highest BCUT2D eigenvalue weighted by atomic mass is 79.9. The minimum absolute atomic E-state index is 0.385. The first-order valence-corrected chi connectivity index (χ1v) is 7.57. The lowest BCUT2D eigenvalue weighted by Crippen LogP contribution is -2.25. The highest BCUT2D eigenvalue weighted by Crippen LogP contribution is 2.26. The molecule has 94 valence electrons. The fourth-order valence-electron chi connectivity index (χ4n) is 2.37. The second-order valence-corrected chi connectivity index (χ2v) is 6.02. The van der Waals surface area contributed by atoms with Gasteiger partial charge in [0, 0.05) is 4.83 Å². The van der Waals surface area contributed by atoms with Crippen molar-refractivity contribution in [2.24, 2.45) is 0 Å². The van der Waals surface area contributed by atoms with E-state index in [1.807, 2.05) is 6.07 Å². The second-order valence-electron chi connectivity index (χ2n) is 4.84.